The first kappa shape index (κ1) is 20.3. The molecule has 0 heterocycles. The Hall–Kier alpha value is -0.650. The minimum absolute atomic E-state index is 0.220. The zero-order chi connectivity index (χ0) is 15.9. The van der Waals surface area contributed by atoms with Crippen molar-refractivity contribution in [3.8, 4) is 0 Å². The fraction of sp³-hybridized carbons (Fsp3) is 0.938. The molecule has 0 aliphatic heterocycles. The van der Waals surface area contributed by atoms with Crippen LogP contribution in [-0.2, 0) is 4.79 Å². The molecule has 0 aromatic carbocycles. The van der Waals surface area contributed by atoms with E-state index < -0.39 is 18.2 Å². The van der Waals surface area contributed by atoms with E-state index in [4.69, 9.17) is 10.2 Å². The van der Waals surface area contributed by atoms with Gasteiger partial charge in [-0.1, -0.05) is 44.9 Å². The summed E-state index contributed by atoms with van der Waals surface area (Å²) in [6.45, 7) is 0.220. The Kier molecular flexibility index (Phi) is 13.9. The van der Waals surface area contributed by atoms with E-state index in [9.17, 15) is 15.0 Å². The molecule has 5 heteroatoms. The van der Waals surface area contributed by atoms with Crippen molar-refractivity contribution in [3.63, 3.8) is 0 Å². The van der Waals surface area contributed by atoms with E-state index in [1.165, 1.54) is 0 Å². The third kappa shape index (κ3) is 14.1. The lowest BCUT2D eigenvalue weighted by Gasteiger charge is -2.17. The summed E-state index contributed by atoms with van der Waals surface area (Å²) in [4.78, 5) is 10.3. The van der Waals surface area contributed by atoms with Crippen LogP contribution in [0.4, 0.5) is 0 Å². The molecule has 0 rings (SSSR count). The fourth-order valence-corrected chi connectivity index (χ4v) is 2.36. The van der Waals surface area contributed by atoms with Crippen LogP contribution < -0.4 is 0 Å². The van der Waals surface area contributed by atoms with Crippen LogP contribution in [0, 0.1) is 0 Å². The highest BCUT2D eigenvalue weighted by Gasteiger charge is 2.15. The second kappa shape index (κ2) is 14.3. The van der Waals surface area contributed by atoms with E-state index in [2.05, 4.69) is 0 Å². The van der Waals surface area contributed by atoms with Gasteiger partial charge in [0.2, 0.25) is 0 Å². The maximum absolute atomic E-state index is 10.3. The first-order chi connectivity index (χ1) is 10.1. The smallest absolute Gasteiger partial charge is 0.303 e. The van der Waals surface area contributed by atoms with Crippen LogP contribution in [0.1, 0.15) is 77.0 Å². The van der Waals surface area contributed by atoms with Gasteiger partial charge in [0.25, 0.3) is 0 Å². The van der Waals surface area contributed by atoms with Crippen molar-refractivity contribution in [2.24, 2.45) is 0 Å². The molecule has 0 amide bonds. The van der Waals surface area contributed by atoms with E-state index in [1.54, 1.807) is 0 Å². The number of rotatable bonds is 15. The summed E-state index contributed by atoms with van der Waals surface area (Å²) in [5, 5.41) is 36.8. The normalized spacial score (nSPS) is 14.0. The lowest BCUT2D eigenvalue weighted by Crippen LogP contribution is -2.25. The molecule has 0 saturated heterocycles. The zero-order valence-electron chi connectivity index (χ0n) is 13.0. The summed E-state index contributed by atoms with van der Waals surface area (Å²) in [7, 11) is 0. The number of aliphatic hydroxyl groups is 3. The van der Waals surface area contributed by atoms with Crippen LogP contribution in [0.5, 0.6) is 0 Å². The Bertz CT molecular complexity index is 245. The van der Waals surface area contributed by atoms with Gasteiger partial charge in [-0.2, -0.15) is 0 Å². The van der Waals surface area contributed by atoms with E-state index in [1.807, 2.05) is 0 Å². The third-order valence-corrected chi connectivity index (χ3v) is 3.74. The van der Waals surface area contributed by atoms with Crippen molar-refractivity contribution in [1.29, 1.82) is 0 Å². The predicted octanol–water partition coefficient (Wildman–Crippen LogP) is 2.47. The summed E-state index contributed by atoms with van der Waals surface area (Å²) >= 11 is 0. The number of carboxylic acids is 1. The van der Waals surface area contributed by atoms with Crippen LogP contribution in [-0.4, -0.2) is 45.2 Å². The van der Waals surface area contributed by atoms with Gasteiger partial charge in [0.1, 0.15) is 0 Å². The average Bonchev–Trinajstić information content (AvgIpc) is 2.45. The molecule has 0 unspecified atom stereocenters. The molecule has 0 aliphatic rings. The second-order valence-electron chi connectivity index (χ2n) is 5.76. The van der Waals surface area contributed by atoms with Crippen molar-refractivity contribution < 1.29 is 25.2 Å². The van der Waals surface area contributed by atoms with Crippen molar-refractivity contribution in [1.82, 2.24) is 0 Å². The average molecular weight is 304 g/mol. The van der Waals surface area contributed by atoms with E-state index in [0.717, 1.165) is 51.4 Å². The molecule has 0 radical (unpaired) electrons. The third-order valence-electron chi connectivity index (χ3n) is 3.74. The van der Waals surface area contributed by atoms with Crippen molar-refractivity contribution >= 4 is 5.97 Å². The maximum atomic E-state index is 10.3. The fourth-order valence-electron chi connectivity index (χ4n) is 2.36. The first-order valence-corrected chi connectivity index (χ1v) is 8.26. The number of unbranched alkanes of at least 4 members (excludes halogenated alkanes) is 7. The molecule has 0 fully saturated rings. The van der Waals surface area contributed by atoms with Gasteiger partial charge >= 0.3 is 5.97 Å². The van der Waals surface area contributed by atoms with Gasteiger partial charge in [0, 0.05) is 13.0 Å². The lowest BCUT2D eigenvalue weighted by molar-refractivity contribution is -0.137. The Morgan fingerprint density at radius 1 is 0.714 bits per heavy atom. The standard InChI is InChI=1S/C16H32O5/c17-13-9-5-4-7-11-15(19)14(18)10-6-2-1-3-8-12-16(20)21/h14-15,17-19H,1-13H2,(H,20,21)/t14-,15-/m0/s1. The Morgan fingerprint density at radius 3 is 1.62 bits per heavy atom. The molecule has 21 heavy (non-hydrogen) atoms. The molecule has 0 saturated carbocycles. The van der Waals surface area contributed by atoms with Crippen molar-refractivity contribution in [2.45, 2.75) is 89.3 Å². The number of aliphatic hydroxyl groups excluding tert-OH is 3. The van der Waals surface area contributed by atoms with Crippen LogP contribution in [0.25, 0.3) is 0 Å². The molecule has 4 N–H and O–H groups in total. The van der Waals surface area contributed by atoms with Gasteiger partial charge in [-0.25, -0.2) is 0 Å². The maximum Gasteiger partial charge on any atom is 0.303 e. The highest BCUT2D eigenvalue weighted by molar-refractivity contribution is 5.66. The van der Waals surface area contributed by atoms with Gasteiger partial charge in [-0.15, -0.1) is 0 Å². The highest BCUT2D eigenvalue weighted by atomic mass is 16.4. The number of carboxylic acid groups (broad SMARTS) is 1. The molecule has 0 aromatic heterocycles. The summed E-state index contributed by atoms with van der Waals surface area (Å²) in [5.74, 6) is -0.743. The van der Waals surface area contributed by atoms with Crippen LogP contribution in [0.2, 0.25) is 0 Å². The summed E-state index contributed by atoms with van der Waals surface area (Å²) in [5.41, 5.74) is 0. The molecule has 0 aromatic rings. The van der Waals surface area contributed by atoms with Gasteiger partial charge in [-0.3, -0.25) is 4.79 Å². The number of hydrogen-bond donors (Lipinski definition) is 4. The second-order valence-corrected chi connectivity index (χ2v) is 5.76. The van der Waals surface area contributed by atoms with E-state index in [-0.39, 0.29) is 13.0 Å². The molecular weight excluding hydrogens is 272 g/mol. The Labute approximate surface area is 128 Å². The number of aliphatic carboxylic acids is 1. The monoisotopic (exact) mass is 304 g/mol. The van der Waals surface area contributed by atoms with Crippen molar-refractivity contribution in [3.05, 3.63) is 0 Å². The van der Waals surface area contributed by atoms with E-state index >= 15 is 0 Å². The number of carbonyl (C=O) groups is 1. The summed E-state index contributed by atoms with van der Waals surface area (Å²) in [6.07, 6.45) is 8.25. The zero-order valence-corrected chi connectivity index (χ0v) is 13.0. The predicted molar refractivity (Wildman–Crippen MR) is 82.1 cm³/mol. The Morgan fingerprint density at radius 2 is 1.14 bits per heavy atom. The lowest BCUT2D eigenvalue weighted by atomic mass is 10.00. The molecule has 0 bridgehead atoms. The van der Waals surface area contributed by atoms with Gasteiger partial charge in [-0.05, 0) is 25.7 Å². The SMILES string of the molecule is O=C(O)CCCCCCC[C@H](O)[C@@H](O)CCCCCCO. The molecule has 2 atom stereocenters. The minimum Gasteiger partial charge on any atom is -0.481 e. The Balaban J connectivity index is 3.38. The van der Waals surface area contributed by atoms with Gasteiger partial charge in [0.15, 0.2) is 0 Å². The van der Waals surface area contributed by atoms with Crippen LogP contribution in [0.15, 0.2) is 0 Å². The largest absolute Gasteiger partial charge is 0.481 e. The van der Waals surface area contributed by atoms with Gasteiger partial charge in [0.05, 0.1) is 12.2 Å². The topological polar surface area (TPSA) is 98.0 Å². The minimum atomic E-state index is -0.743. The summed E-state index contributed by atoms with van der Waals surface area (Å²) in [6, 6.07) is 0. The van der Waals surface area contributed by atoms with Crippen LogP contribution >= 0.6 is 0 Å². The molecule has 5 nitrogen and oxygen atoms in total. The molecule has 126 valence electrons. The quantitative estimate of drug-likeness (QED) is 0.348. The van der Waals surface area contributed by atoms with Crippen LogP contribution in [0.3, 0.4) is 0 Å². The van der Waals surface area contributed by atoms with Crippen molar-refractivity contribution in [2.75, 3.05) is 6.61 Å². The molecule has 0 aliphatic carbocycles. The molecule has 0 spiro atoms. The molecular formula is C16H32O5. The first-order valence-electron chi connectivity index (χ1n) is 8.26. The van der Waals surface area contributed by atoms with Gasteiger partial charge < -0.3 is 20.4 Å². The summed E-state index contributed by atoms with van der Waals surface area (Å²) < 4.78 is 0. The van der Waals surface area contributed by atoms with E-state index in [0.29, 0.717) is 19.3 Å². The highest BCUT2D eigenvalue weighted by Crippen LogP contribution is 2.14. The number of hydrogen-bond acceptors (Lipinski definition) is 4.